The van der Waals surface area contributed by atoms with E-state index in [9.17, 15) is 9.59 Å². The zero-order valence-electron chi connectivity index (χ0n) is 12.5. The molecule has 0 saturated carbocycles. The van der Waals surface area contributed by atoms with Gasteiger partial charge in [0.05, 0.1) is 12.3 Å². The highest BCUT2D eigenvalue weighted by Crippen LogP contribution is 2.23. The fraction of sp³-hybridized carbons (Fsp3) is 0.500. The first-order chi connectivity index (χ1) is 9.99. The third-order valence-electron chi connectivity index (χ3n) is 4.00. The van der Waals surface area contributed by atoms with E-state index in [2.05, 4.69) is 5.32 Å². The number of nitrogens with zero attached hydrogens (tertiary/aromatic N) is 1. The third-order valence-corrected chi connectivity index (χ3v) is 4.00. The lowest BCUT2D eigenvalue weighted by Crippen LogP contribution is -2.40. The Balaban J connectivity index is 2.20. The number of nitrogens with one attached hydrogen (secondary N) is 1. The number of anilines is 1. The smallest absolute Gasteiger partial charge is 0.305 e. The van der Waals surface area contributed by atoms with E-state index in [0.29, 0.717) is 6.54 Å². The Hall–Kier alpha value is -1.88. The Morgan fingerprint density at radius 3 is 2.48 bits per heavy atom. The number of carbonyl (C=O) groups excluding carboxylic acids is 1. The van der Waals surface area contributed by atoms with Gasteiger partial charge < -0.3 is 15.3 Å². The van der Waals surface area contributed by atoms with Crippen molar-refractivity contribution >= 4 is 17.6 Å². The van der Waals surface area contributed by atoms with Crippen LogP contribution in [0.2, 0.25) is 0 Å². The van der Waals surface area contributed by atoms with Gasteiger partial charge in [-0.2, -0.15) is 0 Å². The van der Waals surface area contributed by atoms with Gasteiger partial charge in [-0.15, -0.1) is 0 Å². The van der Waals surface area contributed by atoms with Gasteiger partial charge in [-0.1, -0.05) is 24.6 Å². The van der Waals surface area contributed by atoms with Crippen LogP contribution in [0.25, 0.3) is 0 Å². The molecule has 0 aliphatic carbocycles. The maximum Gasteiger partial charge on any atom is 0.305 e. The molecule has 0 bridgehead atoms. The molecule has 1 amide bonds. The lowest BCUT2D eigenvalue weighted by Gasteiger charge is -2.26. The minimum absolute atomic E-state index is 0.0117. The normalized spacial score (nSPS) is 21.2. The fourth-order valence-corrected chi connectivity index (χ4v) is 2.64. The highest BCUT2D eigenvalue weighted by atomic mass is 16.4. The number of hydrogen-bond acceptors (Lipinski definition) is 3. The van der Waals surface area contributed by atoms with Crippen LogP contribution in [-0.4, -0.2) is 36.6 Å². The molecule has 1 saturated heterocycles. The average molecular weight is 290 g/mol. The van der Waals surface area contributed by atoms with Gasteiger partial charge in [-0.05, 0) is 31.5 Å². The van der Waals surface area contributed by atoms with Crippen LogP contribution < -0.4 is 10.2 Å². The summed E-state index contributed by atoms with van der Waals surface area (Å²) in [5, 5.41) is 12.1. The van der Waals surface area contributed by atoms with Crippen molar-refractivity contribution in [2.24, 2.45) is 11.8 Å². The molecule has 21 heavy (non-hydrogen) atoms. The molecule has 0 spiro atoms. The summed E-state index contributed by atoms with van der Waals surface area (Å²) >= 11 is 0. The molecule has 1 fully saturated rings. The molecule has 2 unspecified atom stereocenters. The molecule has 0 aromatic heterocycles. The first-order valence-electron chi connectivity index (χ1n) is 7.29. The van der Waals surface area contributed by atoms with Gasteiger partial charge in [-0.3, -0.25) is 9.59 Å². The Labute approximate surface area is 125 Å². The van der Waals surface area contributed by atoms with E-state index in [1.54, 1.807) is 4.90 Å². The van der Waals surface area contributed by atoms with E-state index < -0.39 is 5.97 Å². The number of carboxylic acids is 1. The summed E-state index contributed by atoms with van der Waals surface area (Å²) in [5.74, 6) is -0.689. The van der Waals surface area contributed by atoms with E-state index in [0.717, 1.165) is 17.8 Å². The molecule has 5 nitrogen and oxygen atoms in total. The van der Waals surface area contributed by atoms with E-state index in [-0.39, 0.29) is 30.7 Å². The monoisotopic (exact) mass is 290 g/mol. The predicted octanol–water partition coefficient (Wildman–Crippen LogP) is 1.66. The molecular formula is C16H22N2O3. The van der Waals surface area contributed by atoms with E-state index in [1.807, 2.05) is 38.1 Å². The van der Waals surface area contributed by atoms with Crippen LogP contribution in [0.5, 0.6) is 0 Å². The number of carboxylic acid groups (broad SMARTS) is 1. The Bertz CT molecular complexity index is 513. The molecule has 1 heterocycles. The van der Waals surface area contributed by atoms with Crippen molar-refractivity contribution in [3.8, 4) is 0 Å². The van der Waals surface area contributed by atoms with Crippen LogP contribution in [-0.2, 0) is 9.59 Å². The highest BCUT2D eigenvalue weighted by Gasteiger charge is 2.33. The fourth-order valence-electron chi connectivity index (χ4n) is 2.64. The number of carbonyl (C=O) groups is 2. The van der Waals surface area contributed by atoms with Crippen molar-refractivity contribution in [2.75, 3.05) is 24.5 Å². The van der Waals surface area contributed by atoms with Crippen molar-refractivity contribution in [1.29, 1.82) is 0 Å². The molecule has 114 valence electrons. The van der Waals surface area contributed by atoms with Crippen LogP contribution in [0.3, 0.4) is 0 Å². The Kier molecular flexibility index (Phi) is 4.96. The third kappa shape index (κ3) is 3.82. The zero-order chi connectivity index (χ0) is 15.4. The van der Waals surface area contributed by atoms with Gasteiger partial charge >= 0.3 is 5.97 Å². The Morgan fingerprint density at radius 2 is 1.95 bits per heavy atom. The molecule has 2 N–H and O–H groups in total. The summed E-state index contributed by atoms with van der Waals surface area (Å²) in [6.45, 7) is 5.73. The van der Waals surface area contributed by atoms with E-state index in [4.69, 9.17) is 5.11 Å². The predicted molar refractivity (Wildman–Crippen MR) is 81.3 cm³/mol. The van der Waals surface area contributed by atoms with Crippen LogP contribution in [0.4, 0.5) is 5.69 Å². The average Bonchev–Trinajstić information content (AvgIpc) is 2.86. The minimum Gasteiger partial charge on any atom is -0.481 e. The summed E-state index contributed by atoms with van der Waals surface area (Å²) in [6.07, 6.45) is -0.0475. The topological polar surface area (TPSA) is 69.6 Å². The largest absolute Gasteiger partial charge is 0.481 e. The van der Waals surface area contributed by atoms with E-state index >= 15 is 0 Å². The first-order valence-corrected chi connectivity index (χ1v) is 7.29. The molecule has 1 aliphatic heterocycles. The standard InChI is InChI=1S/C16H22N2O3/c1-11-3-5-13(6-4-11)18(8-7-15(19)20)16(21)14-10-17-9-12(14)2/h3-6,12,14,17H,7-10H2,1-2H3,(H,19,20). The number of amides is 1. The van der Waals surface area contributed by atoms with Crippen LogP contribution in [0, 0.1) is 18.8 Å². The lowest BCUT2D eigenvalue weighted by atomic mass is 9.96. The van der Waals surface area contributed by atoms with Crippen molar-refractivity contribution in [1.82, 2.24) is 5.32 Å². The molecule has 1 aromatic carbocycles. The summed E-state index contributed by atoms with van der Waals surface area (Å²) in [6, 6.07) is 7.63. The number of aliphatic carboxylic acids is 1. The van der Waals surface area contributed by atoms with Gasteiger partial charge in [0.1, 0.15) is 0 Å². The van der Waals surface area contributed by atoms with Crippen molar-refractivity contribution in [3.05, 3.63) is 29.8 Å². The van der Waals surface area contributed by atoms with Gasteiger partial charge in [-0.25, -0.2) is 0 Å². The summed E-state index contributed by atoms with van der Waals surface area (Å²) in [7, 11) is 0. The molecular weight excluding hydrogens is 268 g/mol. The second kappa shape index (κ2) is 6.72. The number of hydrogen-bond donors (Lipinski definition) is 2. The van der Waals surface area contributed by atoms with Gasteiger partial charge in [0.25, 0.3) is 0 Å². The molecule has 5 heteroatoms. The maximum absolute atomic E-state index is 12.7. The van der Waals surface area contributed by atoms with Crippen LogP contribution in [0.1, 0.15) is 18.9 Å². The number of aryl methyl sites for hydroxylation is 1. The quantitative estimate of drug-likeness (QED) is 0.865. The molecule has 2 rings (SSSR count). The molecule has 1 aromatic rings. The van der Waals surface area contributed by atoms with Gasteiger partial charge in [0, 0.05) is 18.8 Å². The summed E-state index contributed by atoms with van der Waals surface area (Å²) in [5.41, 5.74) is 1.88. The Morgan fingerprint density at radius 1 is 1.29 bits per heavy atom. The van der Waals surface area contributed by atoms with Gasteiger partial charge in [0.15, 0.2) is 0 Å². The maximum atomic E-state index is 12.7. The molecule has 2 atom stereocenters. The summed E-state index contributed by atoms with van der Waals surface area (Å²) < 4.78 is 0. The van der Waals surface area contributed by atoms with Crippen LogP contribution in [0.15, 0.2) is 24.3 Å². The minimum atomic E-state index is -0.891. The van der Waals surface area contributed by atoms with Crippen molar-refractivity contribution in [2.45, 2.75) is 20.3 Å². The second-order valence-electron chi connectivity index (χ2n) is 5.71. The van der Waals surface area contributed by atoms with Crippen LogP contribution >= 0.6 is 0 Å². The lowest BCUT2D eigenvalue weighted by molar-refractivity contribution is -0.136. The molecule has 0 radical (unpaired) electrons. The van der Waals surface area contributed by atoms with Crippen molar-refractivity contribution < 1.29 is 14.7 Å². The summed E-state index contributed by atoms with van der Waals surface area (Å²) in [4.78, 5) is 25.2. The van der Waals surface area contributed by atoms with Crippen molar-refractivity contribution in [3.63, 3.8) is 0 Å². The second-order valence-corrected chi connectivity index (χ2v) is 5.71. The number of rotatable bonds is 5. The molecule has 1 aliphatic rings. The number of benzene rings is 1. The zero-order valence-corrected chi connectivity index (χ0v) is 12.5. The first kappa shape index (κ1) is 15.5. The van der Waals surface area contributed by atoms with E-state index in [1.165, 1.54) is 0 Å². The SMILES string of the molecule is Cc1ccc(N(CCC(=O)O)C(=O)C2CNCC2C)cc1. The van der Waals surface area contributed by atoms with Gasteiger partial charge in [0.2, 0.25) is 5.91 Å². The highest BCUT2D eigenvalue weighted by molar-refractivity contribution is 5.96.